The molecule has 5 aliphatic heterocycles. The van der Waals surface area contributed by atoms with Gasteiger partial charge in [0.25, 0.3) is 5.91 Å². The van der Waals surface area contributed by atoms with Gasteiger partial charge in [-0.1, -0.05) is 88.0 Å². The van der Waals surface area contributed by atoms with E-state index in [0.29, 0.717) is 64.2 Å². The minimum absolute atomic E-state index is 0.00550. The second-order valence-electron chi connectivity index (χ2n) is 20.7. The quantitative estimate of drug-likeness (QED) is 0.0592. The Labute approximate surface area is 378 Å². The first-order valence-electron chi connectivity index (χ1n) is 24.9. The number of Topliss-reactive ketones (excluding diaryl/α,β-unsaturated/α-hetero) is 1. The molecule has 0 unspecified atom stereocenters. The van der Waals surface area contributed by atoms with Crippen LogP contribution in [0.1, 0.15) is 179 Å². The maximum Gasteiger partial charge on any atom is 0.337 e. The zero-order chi connectivity index (χ0) is 46.5. The molecule has 362 valence electrons. The minimum atomic E-state index is -1.39. The Kier molecular flexibility index (Phi) is 18.0. The van der Waals surface area contributed by atoms with Crippen molar-refractivity contribution in [2.24, 2.45) is 41.4 Å². The number of hydroxylamine groups is 1. The van der Waals surface area contributed by atoms with E-state index in [-0.39, 0.29) is 41.7 Å². The smallest absolute Gasteiger partial charge is 0.337 e. The molecular formula is C50H85NO12. The van der Waals surface area contributed by atoms with Gasteiger partial charge in [-0.15, -0.1) is 0 Å². The van der Waals surface area contributed by atoms with Gasteiger partial charge < -0.3 is 43.8 Å². The van der Waals surface area contributed by atoms with Gasteiger partial charge in [0, 0.05) is 36.5 Å². The first-order chi connectivity index (χ1) is 29.7. The lowest BCUT2D eigenvalue weighted by Crippen LogP contribution is -2.63. The molecule has 5 heterocycles. The summed E-state index contributed by atoms with van der Waals surface area (Å²) in [6.45, 7) is 21.8. The molecule has 4 saturated heterocycles. The molecule has 5 rings (SSSR count). The number of hydrogen-bond acceptors (Lipinski definition) is 12. The van der Waals surface area contributed by atoms with E-state index in [4.69, 9.17) is 28.5 Å². The zero-order valence-electron chi connectivity index (χ0n) is 40.6. The fourth-order valence-corrected chi connectivity index (χ4v) is 11.6. The number of aliphatic hydroxyl groups excluding tert-OH is 2. The Morgan fingerprint density at radius 1 is 0.857 bits per heavy atom. The minimum Gasteiger partial charge on any atom is -0.392 e. The number of unbranched alkanes of at least 4 members (excludes halogenated alkanes) is 4. The predicted molar refractivity (Wildman–Crippen MR) is 239 cm³/mol. The van der Waals surface area contributed by atoms with Crippen LogP contribution in [0, 0.1) is 41.4 Å². The molecule has 63 heavy (non-hydrogen) atoms. The molecule has 5 aliphatic rings. The highest BCUT2D eigenvalue weighted by Gasteiger charge is 2.63. The molecular weight excluding hydrogens is 807 g/mol. The highest BCUT2D eigenvalue weighted by atomic mass is 16.8. The standard InChI is InChI=1S/C50H85NO12/c1-12-16-17-18-19-20-41(53)51-61-46(56)36(13-2)38-22-21-30(5)44(59-38)34(9)42(54)33(8)43(55)37(14-3)45-31(6)29-32(7)49(60-45)26-23-39(52)50(63-49)28-27-47(11,62-50)40-24-25-48(57,15-4)35(10)58-40/h23,26,30-40,42,44-45,52,54,57H,12-22,24-25,27-29H2,1-11H3,(H,51,53)/t30-,31-,32+,33-,34-,35-,36+,37-,38+,39+,40+,42+,44+,45-,47-,48+,49-,50-/m0/s1. The lowest BCUT2D eigenvalue weighted by atomic mass is 9.72. The summed E-state index contributed by atoms with van der Waals surface area (Å²) in [4.78, 5) is 45.6. The van der Waals surface area contributed by atoms with Gasteiger partial charge in [0.15, 0.2) is 5.79 Å². The molecule has 4 N–H and O–H groups in total. The number of amides is 1. The van der Waals surface area contributed by atoms with Crippen molar-refractivity contribution in [3.8, 4) is 0 Å². The first-order valence-corrected chi connectivity index (χ1v) is 24.9. The van der Waals surface area contributed by atoms with Crippen LogP contribution in [0.2, 0.25) is 0 Å². The van der Waals surface area contributed by atoms with Crippen molar-refractivity contribution in [2.45, 2.75) is 244 Å². The summed E-state index contributed by atoms with van der Waals surface area (Å²) in [5.41, 5.74) is 0.692. The number of ketones is 1. The van der Waals surface area contributed by atoms with Crippen LogP contribution >= 0.6 is 0 Å². The third kappa shape index (κ3) is 11.3. The van der Waals surface area contributed by atoms with Gasteiger partial charge in [0.05, 0.1) is 53.7 Å². The molecule has 0 aromatic carbocycles. The molecule has 0 bridgehead atoms. The molecule has 0 aromatic heterocycles. The molecule has 0 aromatic rings. The normalized spacial score (nSPS) is 40.6. The molecule has 0 saturated carbocycles. The van der Waals surface area contributed by atoms with Crippen LogP contribution in [0.4, 0.5) is 0 Å². The second kappa shape index (κ2) is 21.8. The molecule has 18 atom stereocenters. The van der Waals surface area contributed by atoms with E-state index in [1.807, 2.05) is 41.5 Å². The lowest BCUT2D eigenvalue weighted by molar-refractivity contribution is -0.409. The van der Waals surface area contributed by atoms with Crippen molar-refractivity contribution < 1.29 is 58.2 Å². The van der Waals surface area contributed by atoms with Crippen molar-refractivity contribution in [1.29, 1.82) is 0 Å². The highest BCUT2D eigenvalue weighted by Crippen LogP contribution is 2.54. The molecule has 0 radical (unpaired) electrons. The largest absolute Gasteiger partial charge is 0.392 e. The number of ether oxygens (including phenoxy) is 5. The van der Waals surface area contributed by atoms with Crippen molar-refractivity contribution in [3.05, 3.63) is 12.2 Å². The Morgan fingerprint density at radius 2 is 1.56 bits per heavy atom. The molecule has 13 nitrogen and oxygen atoms in total. The average Bonchev–Trinajstić information content (AvgIpc) is 3.61. The Bertz CT molecular complexity index is 1560. The fraction of sp³-hybridized carbons (Fsp3) is 0.900. The van der Waals surface area contributed by atoms with Gasteiger partial charge in [-0.2, -0.15) is 5.48 Å². The number of rotatable bonds is 18. The summed E-state index contributed by atoms with van der Waals surface area (Å²) in [6.07, 6.45) is 10.6. The van der Waals surface area contributed by atoms with E-state index in [1.54, 1.807) is 19.1 Å². The molecule has 4 fully saturated rings. The summed E-state index contributed by atoms with van der Waals surface area (Å²) >= 11 is 0. The zero-order valence-corrected chi connectivity index (χ0v) is 40.6. The van der Waals surface area contributed by atoms with Gasteiger partial charge >= 0.3 is 5.97 Å². The predicted octanol–water partition coefficient (Wildman–Crippen LogP) is 8.04. The van der Waals surface area contributed by atoms with Gasteiger partial charge in [0.1, 0.15) is 11.9 Å². The molecule has 13 heteroatoms. The Hall–Kier alpha value is -1.97. The maximum atomic E-state index is 14.7. The molecule has 0 aliphatic carbocycles. The maximum absolute atomic E-state index is 14.7. The Morgan fingerprint density at radius 3 is 2.21 bits per heavy atom. The van der Waals surface area contributed by atoms with E-state index in [1.165, 1.54) is 0 Å². The van der Waals surface area contributed by atoms with E-state index in [9.17, 15) is 29.7 Å². The monoisotopic (exact) mass is 892 g/mol. The number of hydrogen-bond donors (Lipinski definition) is 4. The van der Waals surface area contributed by atoms with E-state index < -0.39 is 82.9 Å². The molecule has 1 amide bonds. The molecule has 2 spiro atoms. The number of carbonyl (C=O) groups is 3. The summed E-state index contributed by atoms with van der Waals surface area (Å²) < 4.78 is 33.9. The lowest BCUT2D eigenvalue weighted by Gasteiger charge is -2.54. The van der Waals surface area contributed by atoms with E-state index >= 15 is 0 Å². The third-order valence-corrected chi connectivity index (χ3v) is 16.2. The van der Waals surface area contributed by atoms with Gasteiger partial charge in [-0.3, -0.25) is 9.59 Å². The third-order valence-electron chi connectivity index (χ3n) is 16.2. The number of aliphatic hydroxyl groups is 3. The van der Waals surface area contributed by atoms with E-state index in [0.717, 1.165) is 38.5 Å². The number of carbonyl (C=O) groups excluding carboxylic acids is 3. The van der Waals surface area contributed by atoms with Gasteiger partial charge in [-0.25, -0.2) is 4.79 Å². The van der Waals surface area contributed by atoms with Crippen LogP contribution in [0.5, 0.6) is 0 Å². The summed E-state index contributed by atoms with van der Waals surface area (Å²) in [5.74, 6) is -5.95. The summed E-state index contributed by atoms with van der Waals surface area (Å²) in [7, 11) is 0. The van der Waals surface area contributed by atoms with Crippen LogP contribution in [0.25, 0.3) is 0 Å². The second-order valence-corrected chi connectivity index (χ2v) is 20.7. The topological polar surface area (TPSA) is 179 Å². The van der Waals surface area contributed by atoms with Crippen LogP contribution in [0.3, 0.4) is 0 Å². The van der Waals surface area contributed by atoms with E-state index in [2.05, 4.69) is 33.2 Å². The Balaban J connectivity index is 1.23. The average molecular weight is 892 g/mol. The number of nitrogens with one attached hydrogen (secondary N) is 1. The summed E-state index contributed by atoms with van der Waals surface area (Å²) in [5, 5.41) is 34.6. The van der Waals surface area contributed by atoms with Crippen molar-refractivity contribution in [2.75, 3.05) is 0 Å². The van der Waals surface area contributed by atoms with Gasteiger partial charge in [-0.05, 0) is 102 Å². The van der Waals surface area contributed by atoms with Crippen LogP contribution < -0.4 is 5.48 Å². The van der Waals surface area contributed by atoms with Crippen LogP contribution in [-0.2, 0) is 42.9 Å². The van der Waals surface area contributed by atoms with Crippen LogP contribution in [0.15, 0.2) is 12.2 Å². The van der Waals surface area contributed by atoms with Crippen LogP contribution in [-0.4, -0.2) is 98.5 Å². The fourth-order valence-electron chi connectivity index (χ4n) is 11.6. The van der Waals surface area contributed by atoms with Crippen molar-refractivity contribution in [3.63, 3.8) is 0 Å². The SMILES string of the molecule is CCCCCCCC(=O)NOC(=O)[C@H](CC)[C@H]1CC[C@H](C)[C@H]([C@@H](C)[C@H](O)[C@H](C)C(=O)[C@H](CC)[C@H]2O[C@]3(C=C[C@@H](O)[C@]4(CC[C@@](C)([C@H]5CC[C@](O)(CC)[C@H](C)O5)O4)O3)[C@H](C)C[C@@H]2C)O1. The summed E-state index contributed by atoms with van der Waals surface area (Å²) in [6, 6.07) is 0. The van der Waals surface area contributed by atoms with Crippen molar-refractivity contribution in [1.82, 2.24) is 5.48 Å². The van der Waals surface area contributed by atoms with Gasteiger partial charge in [0.2, 0.25) is 5.79 Å². The first kappa shape index (κ1) is 52.0. The van der Waals surface area contributed by atoms with Crippen molar-refractivity contribution >= 4 is 17.7 Å². The highest BCUT2D eigenvalue weighted by molar-refractivity contribution is 5.84.